The van der Waals surface area contributed by atoms with Gasteiger partial charge < -0.3 is 10.4 Å². The topological polar surface area (TPSA) is 90.2 Å². The van der Waals surface area contributed by atoms with Gasteiger partial charge in [-0.15, -0.1) is 11.3 Å². The van der Waals surface area contributed by atoms with Crippen LogP contribution in [0, 0.1) is 22.7 Å². The third-order valence-electron chi connectivity index (χ3n) is 4.56. The fraction of sp³-hybridized carbons (Fsp3) is 0.562. The van der Waals surface area contributed by atoms with Crippen molar-refractivity contribution in [3.05, 3.63) is 17.0 Å². The van der Waals surface area contributed by atoms with E-state index in [4.69, 9.17) is 5.26 Å². The molecule has 2 rings (SSSR count). The van der Waals surface area contributed by atoms with E-state index in [0.29, 0.717) is 10.6 Å². The van der Waals surface area contributed by atoms with E-state index in [2.05, 4.69) is 5.32 Å². The maximum atomic E-state index is 12.8. The van der Waals surface area contributed by atoms with Gasteiger partial charge in [0.15, 0.2) is 0 Å². The standard InChI is InChI=1S/C16H20N2O3S/c1-16(9-13(19)20,12-5-3-2-4-6-12)15(21)18-14-11(10-17)7-8-22-14/h7-8,12H,2-6,9H2,1H3,(H,18,21)(H,19,20). The molecule has 5 nitrogen and oxygen atoms in total. The molecule has 1 heterocycles. The lowest BCUT2D eigenvalue weighted by Gasteiger charge is -2.37. The molecule has 0 radical (unpaired) electrons. The van der Waals surface area contributed by atoms with Crippen LogP contribution < -0.4 is 5.32 Å². The highest BCUT2D eigenvalue weighted by Gasteiger charge is 2.43. The van der Waals surface area contributed by atoms with Crippen LogP contribution in [0.4, 0.5) is 5.00 Å². The van der Waals surface area contributed by atoms with Crippen molar-refractivity contribution >= 4 is 28.2 Å². The number of hydrogen-bond acceptors (Lipinski definition) is 4. The van der Waals surface area contributed by atoms with Gasteiger partial charge in [-0.25, -0.2) is 0 Å². The summed E-state index contributed by atoms with van der Waals surface area (Å²) in [6.45, 7) is 1.74. The number of anilines is 1. The van der Waals surface area contributed by atoms with Gasteiger partial charge >= 0.3 is 5.97 Å². The van der Waals surface area contributed by atoms with Crippen LogP contribution in [-0.2, 0) is 9.59 Å². The normalized spacial score (nSPS) is 18.2. The molecule has 118 valence electrons. The SMILES string of the molecule is CC(CC(=O)O)(C(=O)Nc1sccc1C#N)C1CCCCC1. The largest absolute Gasteiger partial charge is 0.481 e. The van der Waals surface area contributed by atoms with E-state index >= 15 is 0 Å². The number of carbonyl (C=O) groups excluding carboxylic acids is 1. The predicted octanol–water partition coefficient (Wildman–Crippen LogP) is 3.62. The molecule has 0 aromatic carbocycles. The number of rotatable bonds is 5. The molecule has 22 heavy (non-hydrogen) atoms. The van der Waals surface area contributed by atoms with Crippen molar-refractivity contribution in [2.75, 3.05) is 5.32 Å². The molecule has 0 bridgehead atoms. The van der Waals surface area contributed by atoms with E-state index in [1.54, 1.807) is 18.4 Å². The Morgan fingerprint density at radius 1 is 1.45 bits per heavy atom. The number of aliphatic carboxylic acids is 1. The zero-order valence-corrected chi connectivity index (χ0v) is 13.4. The Morgan fingerprint density at radius 3 is 2.73 bits per heavy atom. The van der Waals surface area contributed by atoms with Gasteiger partial charge in [-0.1, -0.05) is 19.3 Å². The Bertz CT molecular complexity index is 599. The third kappa shape index (κ3) is 3.47. The zero-order valence-electron chi connectivity index (χ0n) is 12.6. The minimum Gasteiger partial charge on any atom is -0.481 e. The maximum absolute atomic E-state index is 12.8. The fourth-order valence-corrected chi connectivity index (χ4v) is 3.94. The molecule has 1 aliphatic rings. The molecule has 1 fully saturated rings. The first-order valence-electron chi connectivity index (χ1n) is 7.48. The molecule has 6 heteroatoms. The second-order valence-corrected chi connectivity index (χ2v) is 6.97. The van der Waals surface area contributed by atoms with Gasteiger partial charge in [-0.3, -0.25) is 9.59 Å². The highest BCUT2D eigenvalue weighted by Crippen LogP contribution is 2.42. The van der Waals surface area contributed by atoms with Crippen LogP contribution in [0.1, 0.15) is 51.0 Å². The van der Waals surface area contributed by atoms with Gasteiger partial charge in [0.2, 0.25) is 5.91 Å². The number of nitrogens with zero attached hydrogens (tertiary/aromatic N) is 1. The Hall–Kier alpha value is -1.87. The highest BCUT2D eigenvalue weighted by molar-refractivity contribution is 7.14. The number of nitrogens with one attached hydrogen (secondary N) is 1. The average molecular weight is 320 g/mol. The van der Waals surface area contributed by atoms with Crippen LogP contribution in [0.3, 0.4) is 0 Å². The van der Waals surface area contributed by atoms with Gasteiger partial charge in [-0.2, -0.15) is 5.26 Å². The summed E-state index contributed by atoms with van der Waals surface area (Å²) in [6.07, 6.45) is 4.80. The van der Waals surface area contributed by atoms with Gasteiger partial charge in [0, 0.05) is 0 Å². The quantitative estimate of drug-likeness (QED) is 0.867. The first-order valence-corrected chi connectivity index (χ1v) is 8.36. The molecule has 1 aromatic heterocycles. The van der Waals surface area contributed by atoms with E-state index in [0.717, 1.165) is 32.1 Å². The number of hydrogen-bond donors (Lipinski definition) is 2. The number of nitriles is 1. The van der Waals surface area contributed by atoms with Crippen molar-refractivity contribution in [2.45, 2.75) is 45.4 Å². The number of thiophene rings is 1. The highest BCUT2D eigenvalue weighted by atomic mass is 32.1. The van der Waals surface area contributed by atoms with Crippen molar-refractivity contribution in [1.29, 1.82) is 5.26 Å². The van der Waals surface area contributed by atoms with Crippen molar-refractivity contribution in [3.63, 3.8) is 0 Å². The molecule has 1 amide bonds. The van der Waals surface area contributed by atoms with Crippen molar-refractivity contribution in [2.24, 2.45) is 11.3 Å². The van der Waals surface area contributed by atoms with Crippen LogP contribution in [-0.4, -0.2) is 17.0 Å². The third-order valence-corrected chi connectivity index (χ3v) is 5.39. The molecule has 1 saturated carbocycles. The Morgan fingerprint density at radius 2 is 2.14 bits per heavy atom. The summed E-state index contributed by atoms with van der Waals surface area (Å²) in [5, 5.41) is 23.3. The first-order chi connectivity index (χ1) is 10.5. The Balaban J connectivity index is 2.22. The van der Waals surface area contributed by atoms with E-state index in [1.165, 1.54) is 11.3 Å². The second kappa shape index (κ2) is 6.93. The fourth-order valence-electron chi connectivity index (χ4n) is 3.20. The molecule has 1 atom stereocenters. The molecular formula is C16H20N2O3S. The summed E-state index contributed by atoms with van der Waals surface area (Å²) in [4.78, 5) is 24.0. The van der Waals surface area contributed by atoms with Crippen LogP contribution in [0.25, 0.3) is 0 Å². The van der Waals surface area contributed by atoms with Crippen molar-refractivity contribution in [3.8, 4) is 6.07 Å². The van der Waals surface area contributed by atoms with E-state index < -0.39 is 11.4 Å². The average Bonchev–Trinajstić information content (AvgIpc) is 2.94. The van der Waals surface area contributed by atoms with E-state index in [-0.39, 0.29) is 18.2 Å². The predicted molar refractivity (Wildman–Crippen MR) is 84.6 cm³/mol. The summed E-state index contributed by atoms with van der Waals surface area (Å²) in [7, 11) is 0. The lowest BCUT2D eigenvalue weighted by atomic mass is 9.67. The van der Waals surface area contributed by atoms with Crippen LogP contribution in [0.2, 0.25) is 0 Å². The summed E-state index contributed by atoms with van der Waals surface area (Å²) in [6, 6.07) is 3.68. The van der Waals surface area contributed by atoms with E-state index in [1.807, 2.05) is 6.07 Å². The second-order valence-electron chi connectivity index (χ2n) is 6.05. The van der Waals surface area contributed by atoms with Gasteiger partial charge in [-0.05, 0) is 37.1 Å². The maximum Gasteiger partial charge on any atom is 0.304 e. The molecular weight excluding hydrogens is 300 g/mol. The van der Waals surface area contributed by atoms with Crippen LogP contribution in [0.15, 0.2) is 11.4 Å². The van der Waals surface area contributed by atoms with Crippen LogP contribution >= 0.6 is 11.3 Å². The van der Waals surface area contributed by atoms with Crippen molar-refractivity contribution < 1.29 is 14.7 Å². The van der Waals surface area contributed by atoms with E-state index in [9.17, 15) is 14.7 Å². The lowest BCUT2D eigenvalue weighted by Crippen LogP contribution is -2.42. The van der Waals surface area contributed by atoms with Crippen molar-refractivity contribution in [1.82, 2.24) is 0 Å². The molecule has 0 spiro atoms. The number of carbonyl (C=O) groups is 2. The van der Waals surface area contributed by atoms with Gasteiger partial charge in [0.05, 0.1) is 17.4 Å². The van der Waals surface area contributed by atoms with Gasteiger partial charge in [0.25, 0.3) is 0 Å². The summed E-state index contributed by atoms with van der Waals surface area (Å²) < 4.78 is 0. The zero-order chi connectivity index (χ0) is 16.2. The number of carboxylic acid groups (broad SMARTS) is 1. The molecule has 0 aliphatic heterocycles. The molecule has 0 saturated heterocycles. The summed E-state index contributed by atoms with van der Waals surface area (Å²) >= 11 is 1.28. The summed E-state index contributed by atoms with van der Waals surface area (Å²) in [5.74, 6) is -1.18. The molecule has 1 aromatic rings. The smallest absolute Gasteiger partial charge is 0.304 e. The molecule has 1 unspecified atom stereocenters. The van der Waals surface area contributed by atoms with Crippen LogP contribution in [0.5, 0.6) is 0 Å². The number of carboxylic acids is 1. The monoisotopic (exact) mass is 320 g/mol. The minimum absolute atomic E-state index is 0.0721. The molecule has 2 N–H and O–H groups in total. The summed E-state index contributed by atoms with van der Waals surface area (Å²) in [5.41, 5.74) is -0.525. The Labute approximate surface area is 134 Å². The van der Waals surface area contributed by atoms with Gasteiger partial charge in [0.1, 0.15) is 11.1 Å². The minimum atomic E-state index is -0.963. The Kier molecular flexibility index (Phi) is 5.19. The molecule has 1 aliphatic carbocycles. The number of amides is 1. The lowest BCUT2D eigenvalue weighted by molar-refractivity contribution is -0.145. The first kappa shape index (κ1) is 16.5.